The van der Waals surface area contributed by atoms with Crippen LogP contribution in [0.4, 0.5) is 0 Å². The molecular formula is C18H17N5O2S. The molecule has 3 heterocycles. The van der Waals surface area contributed by atoms with Crippen molar-refractivity contribution in [1.29, 1.82) is 0 Å². The highest BCUT2D eigenvalue weighted by Crippen LogP contribution is 2.21. The average molecular weight is 367 g/mol. The van der Waals surface area contributed by atoms with Crippen LogP contribution in [-0.4, -0.2) is 31.0 Å². The van der Waals surface area contributed by atoms with Gasteiger partial charge in [0.05, 0.1) is 23.7 Å². The van der Waals surface area contributed by atoms with E-state index in [4.69, 9.17) is 4.42 Å². The lowest BCUT2D eigenvalue weighted by atomic mass is 10.1. The Balaban J connectivity index is 1.56. The zero-order valence-corrected chi connectivity index (χ0v) is 15.2. The third kappa shape index (κ3) is 3.11. The van der Waals surface area contributed by atoms with E-state index in [0.717, 1.165) is 39.9 Å². The highest BCUT2D eigenvalue weighted by Gasteiger charge is 2.21. The second kappa shape index (κ2) is 6.72. The predicted molar refractivity (Wildman–Crippen MR) is 98.3 cm³/mol. The molecule has 0 aliphatic rings. The summed E-state index contributed by atoms with van der Waals surface area (Å²) in [6, 6.07) is 10.8. The number of nitrogens with one attached hydrogen (secondary N) is 1. The van der Waals surface area contributed by atoms with Crippen LogP contribution >= 0.6 is 11.7 Å². The topological polar surface area (TPSA) is 85.8 Å². The Bertz CT molecular complexity index is 1050. The minimum atomic E-state index is -0.215. The number of fused-ring (bicyclic) bond motifs is 1. The van der Waals surface area contributed by atoms with Crippen molar-refractivity contribution in [2.24, 2.45) is 0 Å². The summed E-state index contributed by atoms with van der Waals surface area (Å²) in [7, 11) is 0. The lowest BCUT2D eigenvalue weighted by molar-refractivity contribution is 0.0948. The Labute approximate surface area is 154 Å². The van der Waals surface area contributed by atoms with Crippen molar-refractivity contribution in [3.63, 3.8) is 0 Å². The number of aromatic nitrogens is 4. The summed E-state index contributed by atoms with van der Waals surface area (Å²) in [5, 5.41) is 7.51. The van der Waals surface area contributed by atoms with Gasteiger partial charge in [-0.3, -0.25) is 9.48 Å². The molecule has 8 heteroatoms. The summed E-state index contributed by atoms with van der Waals surface area (Å²) in [5.74, 6) is 0.577. The van der Waals surface area contributed by atoms with Crippen LogP contribution in [-0.2, 0) is 0 Å². The molecule has 4 aromatic rings. The first kappa shape index (κ1) is 16.5. The summed E-state index contributed by atoms with van der Waals surface area (Å²) in [6.45, 7) is 4.29. The van der Waals surface area contributed by atoms with E-state index in [1.165, 1.54) is 0 Å². The average Bonchev–Trinajstić information content (AvgIpc) is 3.36. The number of rotatable bonds is 5. The van der Waals surface area contributed by atoms with E-state index in [-0.39, 0.29) is 11.9 Å². The fourth-order valence-electron chi connectivity index (χ4n) is 2.96. The Kier molecular flexibility index (Phi) is 4.26. The van der Waals surface area contributed by atoms with E-state index in [9.17, 15) is 4.79 Å². The van der Waals surface area contributed by atoms with E-state index in [1.807, 2.05) is 36.7 Å². The van der Waals surface area contributed by atoms with E-state index >= 15 is 0 Å². The summed E-state index contributed by atoms with van der Waals surface area (Å²) in [6.07, 6.45) is 1.62. The second-order valence-electron chi connectivity index (χ2n) is 6.08. The molecule has 7 nitrogen and oxygen atoms in total. The number of carbonyl (C=O) groups excluding carboxylic acids is 1. The van der Waals surface area contributed by atoms with Gasteiger partial charge in [-0.05, 0) is 50.2 Å². The summed E-state index contributed by atoms with van der Waals surface area (Å²) < 4.78 is 15.8. The first-order valence-corrected chi connectivity index (χ1v) is 8.91. The highest BCUT2D eigenvalue weighted by molar-refractivity contribution is 7.00. The minimum absolute atomic E-state index is 0.169. The molecule has 4 rings (SSSR count). The van der Waals surface area contributed by atoms with Gasteiger partial charge in [0.15, 0.2) is 0 Å². The molecule has 0 radical (unpaired) electrons. The monoisotopic (exact) mass is 367 g/mol. The van der Waals surface area contributed by atoms with Crippen molar-refractivity contribution in [3.05, 3.63) is 65.4 Å². The number of aryl methyl sites for hydroxylation is 2. The molecule has 0 aliphatic carbocycles. The van der Waals surface area contributed by atoms with Crippen LogP contribution in [0.2, 0.25) is 0 Å². The van der Waals surface area contributed by atoms with Crippen molar-refractivity contribution in [3.8, 4) is 0 Å². The Hall–Kier alpha value is -3.00. The molecule has 1 atom stereocenters. The van der Waals surface area contributed by atoms with Crippen molar-refractivity contribution < 1.29 is 9.21 Å². The third-order valence-corrected chi connectivity index (χ3v) is 4.74. The van der Waals surface area contributed by atoms with Gasteiger partial charge < -0.3 is 9.73 Å². The molecule has 1 N–H and O–H groups in total. The molecule has 0 aliphatic heterocycles. The maximum absolute atomic E-state index is 12.6. The maximum Gasteiger partial charge on any atom is 0.251 e. The van der Waals surface area contributed by atoms with Gasteiger partial charge in [0.2, 0.25) is 0 Å². The van der Waals surface area contributed by atoms with Crippen LogP contribution in [0.3, 0.4) is 0 Å². The fourth-order valence-corrected chi connectivity index (χ4v) is 3.48. The van der Waals surface area contributed by atoms with Gasteiger partial charge in [-0.1, -0.05) is 0 Å². The second-order valence-corrected chi connectivity index (χ2v) is 6.61. The number of furan rings is 1. The minimum Gasteiger partial charge on any atom is -0.467 e. The largest absolute Gasteiger partial charge is 0.467 e. The number of amides is 1. The Morgan fingerprint density at radius 1 is 1.23 bits per heavy atom. The number of hydrogen-bond donors (Lipinski definition) is 1. The molecule has 3 aromatic heterocycles. The van der Waals surface area contributed by atoms with Gasteiger partial charge >= 0.3 is 0 Å². The molecule has 0 saturated carbocycles. The first-order valence-electron chi connectivity index (χ1n) is 8.18. The highest BCUT2D eigenvalue weighted by atomic mass is 32.1. The third-order valence-electron chi connectivity index (χ3n) is 4.18. The Morgan fingerprint density at radius 3 is 2.81 bits per heavy atom. The van der Waals surface area contributed by atoms with Crippen molar-refractivity contribution in [2.45, 2.75) is 19.9 Å². The summed E-state index contributed by atoms with van der Waals surface area (Å²) in [5.41, 5.74) is 4.00. The lowest BCUT2D eigenvalue weighted by Crippen LogP contribution is -2.32. The van der Waals surface area contributed by atoms with Crippen LogP contribution < -0.4 is 5.32 Å². The standard InChI is InChI=1S/C18H17N5O2S/c1-11-8-12(2)23(20-11)16(17-4-3-7-25-17)10-19-18(24)13-5-6-14-15(9-13)22-26-21-14/h3-9,16H,10H2,1-2H3,(H,19,24). The zero-order valence-electron chi connectivity index (χ0n) is 14.3. The van der Waals surface area contributed by atoms with Crippen molar-refractivity contribution >= 4 is 28.7 Å². The fraction of sp³-hybridized carbons (Fsp3) is 0.222. The van der Waals surface area contributed by atoms with Crippen LogP contribution in [0.25, 0.3) is 11.0 Å². The zero-order chi connectivity index (χ0) is 18.1. The predicted octanol–water partition coefficient (Wildman–Crippen LogP) is 3.12. The van der Waals surface area contributed by atoms with E-state index in [1.54, 1.807) is 24.5 Å². The van der Waals surface area contributed by atoms with Crippen LogP contribution in [0.15, 0.2) is 47.1 Å². The van der Waals surface area contributed by atoms with Crippen LogP contribution in [0, 0.1) is 13.8 Å². The van der Waals surface area contributed by atoms with Crippen LogP contribution in [0.5, 0.6) is 0 Å². The van der Waals surface area contributed by atoms with Gasteiger partial charge in [-0.15, -0.1) is 0 Å². The normalized spacial score (nSPS) is 12.4. The number of hydrogen-bond acceptors (Lipinski definition) is 6. The SMILES string of the molecule is Cc1cc(C)n(C(CNC(=O)c2ccc3nsnc3c2)c2ccco2)n1. The van der Waals surface area contributed by atoms with E-state index in [0.29, 0.717) is 12.1 Å². The van der Waals surface area contributed by atoms with Crippen molar-refractivity contribution in [2.75, 3.05) is 6.54 Å². The maximum atomic E-state index is 12.6. The summed E-state index contributed by atoms with van der Waals surface area (Å²) in [4.78, 5) is 12.6. The van der Waals surface area contributed by atoms with Gasteiger partial charge in [-0.25, -0.2) is 0 Å². The smallest absolute Gasteiger partial charge is 0.251 e. The van der Waals surface area contributed by atoms with Crippen LogP contribution in [0.1, 0.15) is 33.5 Å². The van der Waals surface area contributed by atoms with E-state index in [2.05, 4.69) is 19.2 Å². The number of benzene rings is 1. The van der Waals surface area contributed by atoms with Crippen molar-refractivity contribution in [1.82, 2.24) is 23.8 Å². The number of nitrogens with zero attached hydrogens (tertiary/aromatic N) is 4. The van der Waals surface area contributed by atoms with Gasteiger partial charge in [-0.2, -0.15) is 13.8 Å². The molecule has 26 heavy (non-hydrogen) atoms. The Morgan fingerprint density at radius 2 is 2.08 bits per heavy atom. The molecule has 132 valence electrons. The quantitative estimate of drug-likeness (QED) is 0.586. The molecule has 0 saturated heterocycles. The summed E-state index contributed by atoms with van der Waals surface area (Å²) >= 11 is 1.14. The molecule has 0 bridgehead atoms. The molecular weight excluding hydrogens is 350 g/mol. The molecule has 1 aromatic carbocycles. The van der Waals surface area contributed by atoms with Gasteiger partial charge in [0.25, 0.3) is 5.91 Å². The molecule has 0 fully saturated rings. The molecule has 0 spiro atoms. The number of carbonyl (C=O) groups is 1. The van der Waals surface area contributed by atoms with E-state index < -0.39 is 0 Å². The van der Waals surface area contributed by atoms with Gasteiger partial charge in [0.1, 0.15) is 22.8 Å². The lowest BCUT2D eigenvalue weighted by Gasteiger charge is -2.18. The first-order chi connectivity index (χ1) is 12.6. The molecule has 1 amide bonds. The molecule has 1 unspecified atom stereocenters. The van der Waals surface area contributed by atoms with Gasteiger partial charge in [0, 0.05) is 17.8 Å².